The lowest BCUT2D eigenvalue weighted by molar-refractivity contribution is -0.139. The number of rotatable bonds is 3. The summed E-state index contributed by atoms with van der Waals surface area (Å²) in [7, 11) is 0. The predicted molar refractivity (Wildman–Crippen MR) is 91.5 cm³/mol. The van der Waals surface area contributed by atoms with Crippen LogP contribution in [0.1, 0.15) is 11.1 Å². The van der Waals surface area contributed by atoms with Gasteiger partial charge >= 0.3 is 6.18 Å². The van der Waals surface area contributed by atoms with Gasteiger partial charge in [-0.25, -0.2) is 0 Å². The Balaban J connectivity index is 1.78. The Morgan fingerprint density at radius 2 is 1.85 bits per heavy atom. The first-order chi connectivity index (χ1) is 12.8. The first kappa shape index (κ1) is 19.4. The molecule has 0 spiro atoms. The van der Waals surface area contributed by atoms with Crippen LogP contribution < -0.4 is 0 Å². The molecule has 0 bridgehead atoms. The Hall–Kier alpha value is -2.33. The van der Waals surface area contributed by atoms with Gasteiger partial charge in [-0.1, -0.05) is 18.2 Å². The molecule has 27 heavy (non-hydrogen) atoms. The van der Waals surface area contributed by atoms with Crippen molar-refractivity contribution in [2.75, 3.05) is 32.8 Å². The van der Waals surface area contributed by atoms with Crippen LogP contribution in [0.5, 0.6) is 0 Å². The molecule has 0 atom stereocenters. The largest absolute Gasteiger partial charge is 0.416 e. The zero-order chi connectivity index (χ0) is 19.6. The van der Waals surface area contributed by atoms with E-state index in [1.54, 1.807) is 0 Å². The lowest BCUT2D eigenvalue weighted by atomic mass is 10.1. The molecular weight excluding hydrogens is 385 g/mol. The van der Waals surface area contributed by atoms with E-state index in [9.17, 15) is 27.6 Å². The average Bonchev–Trinajstić information content (AvgIpc) is 2.89. The van der Waals surface area contributed by atoms with Crippen LogP contribution in [0.3, 0.4) is 0 Å². The number of imide groups is 1. The molecule has 144 valence electrons. The quantitative estimate of drug-likeness (QED) is 0.730. The third-order valence-electron chi connectivity index (χ3n) is 4.08. The summed E-state index contributed by atoms with van der Waals surface area (Å²) >= 11 is 0.520. The highest BCUT2D eigenvalue weighted by Gasteiger charge is 2.38. The molecule has 0 N–H and O–H groups in total. The van der Waals surface area contributed by atoms with Gasteiger partial charge in [-0.05, 0) is 29.5 Å². The molecule has 0 saturated carbocycles. The highest BCUT2D eigenvalue weighted by Crippen LogP contribution is 2.36. The zero-order valence-electron chi connectivity index (χ0n) is 14.0. The van der Waals surface area contributed by atoms with Gasteiger partial charge in [-0.15, -0.1) is 0 Å². The van der Waals surface area contributed by atoms with E-state index in [0.717, 1.165) is 17.0 Å². The Bertz CT molecular complexity index is 804. The second-order valence-corrected chi connectivity index (χ2v) is 6.84. The van der Waals surface area contributed by atoms with Crippen molar-refractivity contribution in [1.29, 1.82) is 0 Å². The lowest BCUT2D eigenvalue weighted by Crippen LogP contribution is -2.46. The maximum absolute atomic E-state index is 13.1. The molecule has 0 radical (unpaired) electrons. The van der Waals surface area contributed by atoms with Crippen molar-refractivity contribution in [2.24, 2.45) is 0 Å². The van der Waals surface area contributed by atoms with Gasteiger partial charge in [-0.3, -0.25) is 19.3 Å². The fourth-order valence-corrected chi connectivity index (χ4v) is 3.54. The SMILES string of the molecule is O=C(CN1C(=O)S/C(=C\c2ccccc2C(F)(F)F)C1=O)N1CCOCC1. The summed E-state index contributed by atoms with van der Waals surface area (Å²) in [5, 5.41) is -0.683. The third kappa shape index (κ3) is 4.33. The molecule has 0 aromatic heterocycles. The second-order valence-electron chi connectivity index (χ2n) is 5.85. The van der Waals surface area contributed by atoms with Crippen LogP contribution in [0.25, 0.3) is 6.08 Å². The van der Waals surface area contributed by atoms with E-state index >= 15 is 0 Å². The number of alkyl halides is 3. The summed E-state index contributed by atoms with van der Waals surface area (Å²) in [6.45, 7) is 1.04. The highest BCUT2D eigenvalue weighted by atomic mass is 32.2. The molecule has 1 aromatic rings. The Morgan fingerprint density at radius 1 is 1.19 bits per heavy atom. The van der Waals surface area contributed by atoms with Crippen LogP contribution in [0.4, 0.5) is 18.0 Å². The number of hydrogen-bond donors (Lipinski definition) is 0. The van der Waals surface area contributed by atoms with E-state index in [0.29, 0.717) is 38.1 Å². The molecular formula is C17H15F3N2O4S. The van der Waals surface area contributed by atoms with Crippen LogP contribution in [-0.4, -0.2) is 59.7 Å². The maximum atomic E-state index is 13.1. The number of benzene rings is 1. The van der Waals surface area contributed by atoms with Gasteiger partial charge in [-0.2, -0.15) is 13.2 Å². The third-order valence-corrected chi connectivity index (χ3v) is 4.99. The summed E-state index contributed by atoms with van der Waals surface area (Å²) in [6.07, 6.45) is -3.55. The number of carbonyl (C=O) groups excluding carboxylic acids is 3. The molecule has 3 rings (SSSR count). The summed E-state index contributed by atoms with van der Waals surface area (Å²) in [6, 6.07) is 4.77. The molecule has 2 aliphatic heterocycles. The Morgan fingerprint density at radius 3 is 2.52 bits per heavy atom. The van der Waals surface area contributed by atoms with Crippen molar-refractivity contribution in [3.8, 4) is 0 Å². The predicted octanol–water partition coefficient (Wildman–Crippen LogP) is 2.60. The molecule has 2 heterocycles. The van der Waals surface area contributed by atoms with Crippen molar-refractivity contribution in [3.63, 3.8) is 0 Å². The van der Waals surface area contributed by atoms with E-state index in [1.807, 2.05) is 0 Å². The van der Waals surface area contributed by atoms with Crippen molar-refractivity contribution < 1.29 is 32.3 Å². The van der Waals surface area contributed by atoms with Gasteiger partial charge in [0.1, 0.15) is 6.54 Å². The van der Waals surface area contributed by atoms with Crippen LogP contribution in [-0.2, 0) is 20.5 Å². The zero-order valence-corrected chi connectivity index (χ0v) is 14.8. The number of ether oxygens (including phenoxy) is 1. The summed E-state index contributed by atoms with van der Waals surface area (Å²) in [4.78, 5) is 38.9. The fourth-order valence-electron chi connectivity index (χ4n) is 2.71. The van der Waals surface area contributed by atoms with Gasteiger partial charge in [0, 0.05) is 13.1 Å². The topological polar surface area (TPSA) is 66.9 Å². The van der Waals surface area contributed by atoms with E-state index in [-0.39, 0.29) is 10.5 Å². The van der Waals surface area contributed by atoms with Crippen molar-refractivity contribution >= 4 is 34.9 Å². The Kier molecular flexibility index (Phi) is 5.56. The lowest BCUT2D eigenvalue weighted by Gasteiger charge is -2.28. The monoisotopic (exact) mass is 400 g/mol. The van der Waals surface area contributed by atoms with E-state index in [2.05, 4.69) is 0 Å². The number of hydrogen-bond acceptors (Lipinski definition) is 5. The highest BCUT2D eigenvalue weighted by molar-refractivity contribution is 8.18. The van der Waals surface area contributed by atoms with Gasteiger partial charge in [0.25, 0.3) is 11.1 Å². The van der Waals surface area contributed by atoms with Crippen LogP contribution >= 0.6 is 11.8 Å². The normalized spacial score (nSPS) is 19.9. The minimum Gasteiger partial charge on any atom is -0.378 e. The molecule has 2 saturated heterocycles. The minimum absolute atomic E-state index is 0.147. The van der Waals surface area contributed by atoms with Gasteiger partial charge < -0.3 is 9.64 Å². The first-order valence-corrected chi connectivity index (χ1v) is 8.86. The summed E-state index contributed by atoms with van der Waals surface area (Å²) < 4.78 is 44.4. The molecule has 10 heteroatoms. The van der Waals surface area contributed by atoms with Crippen LogP contribution in [0.15, 0.2) is 29.2 Å². The number of carbonyl (C=O) groups is 3. The smallest absolute Gasteiger partial charge is 0.378 e. The number of halogens is 3. The maximum Gasteiger partial charge on any atom is 0.416 e. The number of morpholine rings is 1. The second kappa shape index (κ2) is 7.73. The van der Waals surface area contributed by atoms with Crippen molar-refractivity contribution in [3.05, 3.63) is 40.3 Å². The molecule has 2 aliphatic rings. The van der Waals surface area contributed by atoms with E-state index < -0.39 is 35.3 Å². The van der Waals surface area contributed by atoms with Gasteiger partial charge in [0.05, 0.1) is 23.7 Å². The van der Waals surface area contributed by atoms with E-state index in [1.165, 1.54) is 23.1 Å². The van der Waals surface area contributed by atoms with Crippen LogP contribution in [0.2, 0.25) is 0 Å². The average molecular weight is 400 g/mol. The summed E-state index contributed by atoms with van der Waals surface area (Å²) in [5.74, 6) is -1.18. The molecule has 3 amide bonds. The molecule has 1 aromatic carbocycles. The number of nitrogens with zero attached hydrogens (tertiary/aromatic N) is 2. The minimum atomic E-state index is -4.59. The van der Waals surface area contributed by atoms with Crippen molar-refractivity contribution in [1.82, 2.24) is 9.80 Å². The summed E-state index contributed by atoms with van der Waals surface area (Å²) in [5.41, 5.74) is -1.11. The molecule has 6 nitrogen and oxygen atoms in total. The first-order valence-electron chi connectivity index (χ1n) is 8.04. The van der Waals surface area contributed by atoms with Crippen molar-refractivity contribution in [2.45, 2.75) is 6.18 Å². The fraction of sp³-hybridized carbons (Fsp3) is 0.353. The number of thioether (sulfide) groups is 1. The van der Waals surface area contributed by atoms with Crippen LogP contribution in [0, 0.1) is 0 Å². The molecule has 0 unspecified atom stereocenters. The van der Waals surface area contributed by atoms with Gasteiger partial charge in [0.15, 0.2) is 0 Å². The van der Waals surface area contributed by atoms with Gasteiger partial charge in [0.2, 0.25) is 5.91 Å². The number of amides is 3. The Labute approximate surface area is 156 Å². The molecule has 2 fully saturated rings. The standard InChI is InChI=1S/C17H15F3N2O4S/c18-17(19,20)12-4-2-1-3-11(12)9-13-15(24)22(16(25)27-13)10-14(23)21-5-7-26-8-6-21/h1-4,9H,5-8,10H2/b13-9-. The van der Waals surface area contributed by atoms with E-state index in [4.69, 9.17) is 4.74 Å². The molecule has 0 aliphatic carbocycles.